The molecule has 1 aromatic carbocycles. The zero-order chi connectivity index (χ0) is 20.5. The number of nitrogens with zero attached hydrogens (tertiary/aromatic N) is 4. The quantitative estimate of drug-likeness (QED) is 0.329. The van der Waals surface area contributed by atoms with Crippen LogP contribution in [0.3, 0.4) is 0 Å². The zero-order valence-electron chi connectivity index (χ0n) is 16.4. The molecule has 5 nitrogen and oxygen atoms in total. The lowest BCUT2D eigenvalue weighted by Gasteiger charge is -2.14. The largest absolute Gasteiger partial charge is 0.319 e. The summed E-state index contributed by atoms with van der Waals surface area (Å²) < 4.78 is 4.98. The molecule has 0 atom stereocenters. The molecule has 3 heterocycles. The number of hydrogen-bond acceptors (Lipinski definition) is 5. The van der Waals surface area contributed by atoms with E-state index in [0.717, 1.165) is 43.8 Å². The van der Waals surface area contributed by atoms with Gasteiger partial charge in [0.1, 0.15) is 0 Å². The number of benzene rings is 1. The van der Waals surface area contributed by atoms with Crippen LogP contribution in [0.15, 0.2) is 56.3 Å². The Morgan fingerprint density at radius 1 is 1.24 bits per heavy atom. The van der Waals surface area contributed by atoms with Crippen molar-refractivity contribution in [2.24, 2.45) is 5.92 Å². The van der Waals surface area contributed by atoms with Gasteiger partial charge in [-0.1, -0.05) is 53.7 Å². The molecule has 0 radical (unpaired) electrons. The van der Waals surface area contributed by atoms with E-state index < -0.39 is 0 Å². The highest BCUT2D eigenvalue weighted by molar-refractivity contribution is 9.10. The lowest BCUT2D eigenvalue weighted by molar-refractivity contribution is 0.498. The number of fused-ring (bicyclic) bond motifs is 1. The Labute approximate surface area is 186 Å². The van der Waals surface area contributed by atoms with Crippen LogP contribution in [-0.4, -0.2) is 18.9 Å². The first kappa shape index (κ1) is 20.4. The number of halogens is 1. The van der Waals surface area contributed by atoms with Gasteiger partial charge in [-0.15, -0.1) is 11.3 Å². The highest BCUT2D eigenvalue weighted by Gasteiger charge is 2.15. The van der Waals surface area contributed by atoms with Crippen LogP contribution in [0.4, 0.5) is 0 Å². The average Bonchev–Trinajstić information content (AvgIpc) is 3.24. The van der Waals surface area contributed by atoms with Gasteiger partial charge < -0.3 is 4.57 Å². The molecule has 0 bridgehead atoms. The fourth-order valence-corrected chi connectivity index (χ4v) is 5.22. The molecule has 8 heteroatoms. The van der Waals surface area contributed by atoms with E-state index in [1.165, 1.54) is 11.3 Å². The van der Waals surface area contributed by atoms with Crippen molar-refractivity contribution < 1.29 is 0 Å². The average molecular weight is 489 g/mol. The van der Waals surface area contributed by atoms with Crippen LogP contribution in [0.1, 0.15) is 25.2 Å². The number of aryl methyl sites for hydroxylation is 1. The fourth-order valence-electron chi connectivity index (χ4n) is 3.18. The van der Waals surface area contributed by atoms with Crippen molar-refractivity contribution in [3.8, 4) is 11.3 Å². The van der Waals surface area contributed by atoms with Crippen LogP contribution in [-0.2, 0) is 12.3 Å². The molecule has 0 aliphatic heterocycles. The minimum absolute atomic E-state index is 0.0228. The van der Waals surface area contributed by atoms with Crippen molar-refractivity contribution in [2.75, 3.05) is 0 Å². The first-order valence-corrected chi connectivity index (χ1v) is 12.0. The maximum absolute atomic E-state index is 12.4. The normalized spacial score (nSPS) is 11.6. The maximum Gasteiger partial charge on any atom is 0.258 e. The second-order valence-electron chi connectivity index (χ2n) is 7.31. The van der Waals surface area contributed by atoms with E-state index in [1.807, 2.05) is 30.6 Å². The van der Waals surface area contributed by atoms with Crippen LogP contribution < -0.4 is 5.56 Å². The minimum Gasteiger partial charge on any atom is -0.319 e. The Morgan fingerprint density at radius 2 is 2.00 bits per heavy atom. The van der Waals surface area contributed by atoms with Gasteiger partial charge in [-0.25, -0.2) is 9.97 Å². The lowest BCUT2D eigenvalue weighted by atomic mass is 10.1. The molecule has 0 saturated heterocycles. The third-order valence-corrected chi connectivity index (χ3v) is 6.98. The van der Waals surface area contributed by atoms with Crippen molar-refractivity contribution in [3.05, 3.63) is 68.1 Å². The first-order valence-electron chi connectivity index (χ1n) is 9.33. The Bertz CT molecular complexity index is 1210. The molecule has 0 aliphatic rings. The van der Waals surface area contributed by atoms with Crippen LogP contribution in [0.25, 0.3) is 16.2 Å². The van der Waals surface area contributed by atoms with Crippen molar-refractivity contribution in [1.82, 2.24) is 18.9 Å². The van der Waals surface area contributed by atoms with Crippen molar-refractivity contribution >= 4 is 44.0 Å². The molecule has 3 aromatic heterocycles. The summed E-state index contributed by atoms with van der Waals surface area (Å²) >= 11 is 6.61. The molecule has 4 rings (SSSR count). The Hall–Kier alpha value is -1.90. The van der Waals surface area contributed by atoms with E-state index in [9.17, 15) is 4.79 Å². The summed E-state index contributed by atoms with van der Waals surface area (Å²) in [5.74, 6) is 1.10. The smallest absolute Gasteiger partial charge is 0.258 e. The summed E-state index contributed by atoms with van der Waals surface area (Å²) in [5, 5.41) is 2.90. The van der Waals surface area contributed by atoms with Gasteiger partial charge in [0, 0.05) is 33.9 Å². The molecular weight excluding hydrogens is 468 g/mol. The SMILES string of the molecule is Cc1csc2nc(CSc3ncc(-c4ccc(Br)cc4)n3CC(C)C)cc(=O)n12. The Kier molecular flexibility index (Phi) is 5.94. The summed E-state index contributed by atoms with van der Waals surface area (Å²) in [7, 11) is 0. The van der Waals surface area contributed by atoms with E-state index in [4.69, 9.17) is 0 Å². The Morgan fingerprint density at radius 3 is 2.72 bits per heavy atom. The molecule has 0 aliphatic carbocycles. The standard InChI is InChI=1S/C21H21BrN4OS2/c1-13(2)10-25-18(15-4-6-16(22)7-5-15)9-23-20(25)29-12-17-8-19(27)26-14(3)11-28-21(26)24-17/h4-9,11,13H,10,12H2,1-3H3. The zero-order valence-corrected chi connectivity index (χ0v) is 19.6. The summed E-state index contributed by atoms with van der Waals surface area (Å²) in [6.45, 7) is 7.21. The van der Waals surface area contributed by atoms with Crippen molar-refractivity contribution in [1.29, 1.82) is 0 Å². The third kappa shape index (κ3) is 4.34. The summed E-state index contributed by atoms with van der Waals surface area (Å²) in [4.78, 5) is 22.5. The number of imidazole rings is 1. The van der Waals surface area contributed by atoms with Gasteiger partial charge >= 0.3 is 0 Å². The molecule has 0 amide bonds. The van der Waals surface area contributed by atoms with E-state index in [2.05, 4.69) is 56.4 Å². The first-order chi connectivity index (χ1) is 13.9. The van der Waals surface area contributed by atoms with Crippen LogP contribution in [0.2, 0.25) is 0 Å². The molecule has 150 valence electrons. The second kappa shape index (κ2) is 8.45. The van der Waals surface area contributed by atoms with Crippen molar-refractivity contribution in [2.45, 2.75) is 38.2 Å². The lowest BCUT2D eigenvalue weighted by Crippen LogP contribution is -2.14. The molecule has 0 saturated carbocycles. The second-order valence-corrected chi connectivity index (χ2v) is 10.0. The summed E-state index contributed by atoms with van der Waals surface area (Å²) in [6, 6.07) is 9.92. The highest BCUT2D eigenvalue weighted by Crippen LogP contribution is 2.29. The minimum atomic E-state index is -0.0228. The van der Waals surface area contributed by atoms with E-state index >= 15 is 0 Å². The summed E-state index contributed by atoms with van der Waals surface area (Å²) in [5.41, 5.74) is 3.93. The van der Waals surface area contributed by atoms with Crippen LogP contribution in [0, 0.1) is 12.8 Å². The van der Waals surface area contributed by atoms with E-state index in [0.29, 0.717) is 11.7 Å². The van der Waals surface area contributed by atoms with Gasteiger partial charge in [-0.2, -0.15) is 0 Å². The molecule has 29 heavy (non-hydrogen) atoms. The maximum atomic E-state index is 12.4. The molecule has 0 spiro atoms. The number of hydrogen-bond donors (Lipinski definition) is 0. The third-order valence-electron chi connectivity index (χ3n) is 4.48. The molecule has 0 N–H and O–H groups in total. The Balaban J connectivity index is 1.63. The van der Waals surface area contributed by atoms with Crippen molar-refractivity contribution in [3.63, 3.8) is 0 Å². The fraction of sp³-hybridized carbons (Fsp3) is 0.286. The number of thiazole rings is 1. The van der Waals surface area contributed by atoms with Crippen LogP contribution >= 0.6 is 39.0 Å². The van der Waals surface area contributed by atoms with Gasteiger partial charge in [0.05, 0.1) is 17.6 Å². The van der Waals surface area contributed by atoms with Gasteiger partial charge in [-0.3, -0.25) is 9.20 Å². The van der Waals surface area contributed by atoms with Gasteiger partial charge in [0.15, 0.2) is 10.1 Å². The van der Waals surface area contributed by atoms with Crippen LogP contribution in [0.5, 0.6) is 0 Å². The number of rotatable bonds is 6. The van der Waals surface area contributed by atoms with E-state index in [-0.39, 0.29) is 5.56 Å². The predicted octanol–water partition coefficient (Wildman–Crippen LogP) is 5.64. The van der Waals surface area contributed by atoms with Gasteiger partial charge in [0.25, 0.3) is 5.56 Å². The molecular formula is C21H21BrN4OS2. The highest BCUT2D eigenvalue weighted by atomic mass is 79.9. The molecule has 4 aromatic rings. The number of aromatic nitrogens is 4. The van der Waals surface area contributed by atoms with E-state index in [1.54, 1.807) is 22.2 Å². The molecule has 0 unspecified atom stereocenters. The summed E-state index contributed by atoms with van der Waals surface area (Å²) in [6.07, 6.45) is 1.93. The molecule has 0 fully saturated rings. The monoisotopic (exact) mass is 488 g/mol. The number of thioether (sulfide) groups is 1. The topological polar surface area (TPSA) is 52.2 Å². The van der Waals surface area contributed by atoms with Gasteiger partial charge in [-0.05, 0) is 30.5 Å². The predicted molar refractivity (Wildman–Crippen MR) is 124 cm³/mol. The van der Waals surface area contributed by atoms with Gasteiger partial charge in [0.2, 0.25) is 0 Å².